The summed E-state index contributed by atoms with van der Waals surface area (Å²) in [6.45, 7) is 3.01. The van der Waals surface area contributed by atoms with Crippen molar-refractivity contribution in [1.82, 2.24) is 0 Å². The van der Waals surface area contributed by atoms with Gasteiger partial charge in [-0.25, -0.2) is 8.42 Å². The molecule has 0 saturated carbocycles. The molecule has 3 nitrogen and oxygen atoms in total. The van der Waals surface area contributed by atoms with E-state index in [0.29, 0.717) is 12.2 Å². The Morgan fingerprint density at radius 1 is 0.750 bits per heavy atom. The molecular weight excluding hydrogens is 320 g/mol. The van der Waals surface area contributed by atoms with Crippen LogP contribution < -0.4 is 0 Å². The molecule has 0 unspecified atom stereocenters. The fourth-order valence-corrected chi connectivity index (χ4v) is 5.06. The third kappa shape index (κ3) is 12.3. The first-order valence-electron chi connectivity index (χ1n) is 10.5. The van der Waals surface area contributed by atoms with Crippen LogP contribution in [0.3, 0.4) is 0 Å². The van der Waals surface area contributed by atoms with Gasteiger partial charge in [0.15, 0.2) is 9.84 Å². The van der Waals surface area contributed by atoms with Crippen LogP contribution >= 0.6 is 0 Å². The summed E-state index contributed by atoms with van der Waals surface area (Å²) in [4.78, 5) is 0. The van der Waals surface area contributed by atoms with Crippen LogP contribution in [0, 0.1) is 0 Å². The second-order valence-electron chi connectivity index (χ2n) is 7.49. The minimum Gasteiger partial charge on any atom is -0.377 e. The lowest BCUT2D eigenvalue weighted by molar-refractivity contribution is 0.0680. The molecule has 0 aromatic heterocycles. The lowest BCUT2D eigenvalue weighted by Crippen LogP contribution is -2.15. The molecule has 0 aromatic carbocycles. The van der Waals surface area contributed by atoms with Crippen LogP contribution in [-0.4, -0.2) is 32.6 Å². The molecule has 144 valence electrons. The van der Waals surface area contributed by atoms with E-state index in [-0.39, 0.29) is 11.9 Å². The van der Waals surface area contributed by atoms with Gasteiger partial charge in [-0.05, 0) is 12.8 Å². The van der Waals surface area contributed by atoms with Gasteiger partial charge in [0, 0.05) is 6.61 Å². The van der Waals surface area contributed by atoms with Gasteiger partial charge < -0.3 is 4.74 Å². The second kappa shape index (κ2) is 14.1. The van der Waals surface area contributed by atoms with E-state index < -0.39 is 9.84 Å². The summed E-state index contributed by atoms with van der Waals surface area (Å²) in [6, 6.07) is 0. The standard InChI is InChI=1S/C20H40O3S/c1-2-3-4-5-6-7-8-9-10-11-12-13-14-15-17-23-20-16-18-24(21,22)19-20/h20H,2-19H2,1H3/t20-/m1/s1. The van der Waals surface area contributed by atoms with Gasteiger partial charge in [0.05, 0.1) is 17.6 Å². The van der Waals surface area contributed by atoms with Crippen molar-refractivity contribution < 1.29 is 13.2 Å². The Morgan fingerprint density at radius 2 is 1.21 bits per heavy atom. The summed E-state index contributed by atoms with van der Waals surface area (Å²) in [5, 5.41) is 0. The van der Waals surface area contributed by atoms with E-state index in [2.05, 4.69) is 6.92 Å². The van der Waals surface area contributed by atoms with Crippen LogP contribution in [-0.2, 0) is 14.6 Å². The van der Waals surface area contributed by atoms with Gasteiger partial charge in [0.25, 0.3) is 0 Å². The normalized spacial score (nSPS) is 19.8. The van der Waals surface area contributed by atoms with Gasteiger partial charge in [-0.15, -0.1) is 0 Å². The van der Waals surface area contributed by atoms with Crippen LogP contribution in [0.4, 0.5) is 0 Å². The number of hydrogen-bond donors (Lipinski definition) is 0. The largest absolute Gasteiger partial charge is 0.377 e. The molecule has 1 aliphatic rings. The molecule has 0 amide bonds. The molecule has 24 heavy (non-hydrogen) atoms. The minimum absolute atomic E-state index is 0.0306. The number of sulfone groups is 1. The summed E-state index contributed by atoms with van der Waals surface area (Å²) in [5.74, 6) is 0.558. The zero-order chi connectivity index (χ0) is 17.5. The highest BCUT2D eigenvalue weighted by Crippen LogP contribution is 2.16. The second-order valence-corrected chi connectivity index (χ2v) is 9.72. The predicted octanol–water partition coefficient (Wildman–Crippen LogP) is 5.67. The fraction of sp³-hybridized carbons (Fsp3) is 1.00. The summed E-state index contributed by atoms with van der Waals surface area (Å²) in [5.41, 5.74) is 0. The Bertz CT molecular complexity index is 378. The van der Waals surface area contributed by atoms with E-state index in [9.17, 15) is 8.42 Å². The van der Waals surface area contributed by atoms with Crippen molar-refractivity contribution in [2.75, 3.05) is 18.1 Å². The monoisotopic (exact) mass is 360 g/mol. The van der Waals surface area contributed by atoms with E-state index >= 15 is 0 Å². The molecule has 0 bridgehead atoms. The zero-order valence-electron chi connectivity index (χ0n) is 15.9. The Kier molecular flexibility index (Phi) is 12.9. The number of unbranched alkanes of at least 4 members (excludes halogenated alkanes) is 13. The average Bonchev–Trinajstić information content (AvgIpc) is 2.90. The van der Waals surface area contributed by atoms with E-state index in [1.165, 1.54) is 83.5 Å². The molecule has 0 aromatic rings. The molecule has 1 heterocycles. The molecule has 1 fully saturated rings. The Hall–Kier alpha value is -0.0900. The first-order chi connectivity index (χ1) is 11.6. The van der Waals surface area contributed by atoms with Crippen molar-refractivity contribution in [3.63, 3.8) is 0 Å². The van der Waals surface area contributed by atoms with E-state index in [4.69, 9.17) is 4.74 Å². The van der Waals surface area contributed by atoms with Gasteiger partial charge >= 0.3 is 0 Å². The molecule has 4 heteroatoms. The van der Waals surface area contributed by atoms with Crippen molar-refractivity contribution >= 4 is 9.84 Å². The van der Waals surface area contributed by atoms with Crippen molar-refractivity contribution in [3.05, 3.63) is 0 Å². The van der Waals surface area contributed by atoms with Crippen LogP contribution in [0.1, 0.15) is 103 Å². The molecule has 0 radical (unpaired) electrons. The molecule has 1 atom stereocenters. The van der Waals surface area contributed by atoms with Crippen molar-refractivity contribution in [2.24, 2.45) is 0 Å². The van der Waals surface area contributed by atoms with Crippen molar-refractivity contribution in [3.8, 4) is 0 Å². The van der Waals surface area contributed by atoms with Gasteiger partial charge in [-0.1, -0.05) is 90.4 Å². The van der Waals surface area contributed by atoms with Crippen molar-refractivity contribution in [2.45, 2.75) is 109 Å². The van der Waals surface area contributed by atoms with Crippen molar-refractivity contribution in [1.29, 1.82) is 0 Å². The maximum Gasteiger partial charge on any atom is 0.152 e. The highest BCUT2D eigenvalue weighted by Gasteiger charge is 2.28. The quantitative estimate of drug-likeness (QED) is 0.333. The minimum atomic E-state index is -2.79. The fourth-order valence-electron chi connectivity index (χ4n) is 3.44. The number of rotatable bonds is 16. The summed E-state index contributed by atoms with van der Waals surface area (Å²) in [6.07, 6.45) is 19.7. The molecule has 1 aliphatic heterocycles. The molecule has 0 spiro atoms. The maximum atomic E-state index is 11.3. The molecule has 0 aliphatic carbocycles. The zero-order valence-corrected chi connectivity index (χ0v) is 16.8. The average molecular weight is 361 g/mol. The van der Waals surface area contributed by atoms with Crippen LogP contribution in [0.25, 0.3) is 0 Å². The van der Waals surface area contributed by atoms with Crippen LogP contribution in [0.2, 0.25) is 0 Å². The summed E-state index contributed by atoms with van der Waals surface area (Å²) < 4.78 is 28.3. The van der Waals surface area contributed by atoms with Gasteiger partial charge in [0.2, 0.25) is 0 Å². The van der Waals surface area contributed by atoms with E-state index in [1.807, 2.05) is 0 Å². The molecule has 1 rings (SSSR count). The Balaban J connectivity index is 1.72. The smallest absolute Gasteiger partial charge is 0.152 e. The van der Waals surface area contributed by atoms with Gasteiger partial charge in [0.1, 0.15) is 0 Å². The number of ether oxygens (including phenoxy) is 1. The third-order valence-corrected chi connectivity index (χ3v) is 6.78. The lowest BCUT2D eigenvalue weighted by atomic mass is 10.0. The first kappa shape index (κ1) is 22.0. The Labute approximate surface area is 150 Å². The Morgan fingerprint density at radius 3 is 1.62 bits per heavy atom. The SMILES string of the molecule is CCCCCCCCCCCCCCCCO[C@@H]1CCS(=O)(=O)C1. The first-order valence-corrected chi connectivity index (χ1v) is 12.3. The molecule has 1 saturated heterocycles. The number of hydrogen-bond acceptors (Lipinski definition) is 3. The maximum absolute atomic E-state index is 11.3. The van der Waals surface area contributed by atoms with Crippen LogP contribution in [0.5, 0.6) is 0 Å². The van der Waals surface area contributed by atoms with E-state index in [1.54, 1.807) is 0 Å². The predicted molar refractivity (Wildman–Crippen MR) is 103 cm³/mol. The highest BCUT2D eigenvalue weighted by atomic mass is 32.2. The molecular formula is C20H40O3S. The summed E-state index contributed by atoms with van der Waals surface area (Å²) in [7, 11) is -2.79. The van der Waals surface area contributed by atoms with Gasteiger partial charge in [-0.3, -0.25) is 0 Å². The van der Waals surface area contributed by atoms with Crippen LogP contribution in [0.15, 0.2) is 0 Å². The third-order valence-electron chi connectivity index (χ3n) is 5.04. The van der Waals surface area contributed by atoms with Gasteiger partial charge in [-0.2, -0.15) is 0 Å². The molecule has 0 N–H and O–H groups in total. The van der Waals surface area contributed by atoms with E-state index in [0.717, 1.165) is 13.0 Å². The summed E-state index contributed by atoms with van der Waals surface area (Å²) >= 11 is 0. The lowest BCUT2D eigenvalue weighted by Gasteiger charge is -2.09. The highest BCUT2D eigenvalue weighted by molar-refractivity contribution is 7.91. The topological polar surface area (TPSA) is 43.4 Å².